The van der Waals surface area contributed by atoms with Crippen molar-refractivity contribution in [3.8, 4) is 11.5 Å². The molecule has 0 aliphatic heterocycles. The van der Waals surface area contributed by atoms with Gasteiger partial charge in [-0.2, -0.15) is 0 Å². The van der Waals surface area contributed by atoms with Crippen LogP contribution in [0, 0.1) is 13.8 Å². The first-order valence-electron chi connectivity index (χ1n) is 17.8. The first kappa shape index (κ1) is 41.0. The number of fused-ring (bicyclic) bond motifs is 2. The minimum atomic E-state index is -3.98. The molecule has 0 spiro atoms. The fraction of sp³-hybridized carbons (Fsp3) is 0.317. The zero-order valence-electron chi connectivity index (χ0n) is 32.2. The zero-order chi connectivity index (χ0) is 40.0. The lowest BCUT2D eigenvalue weighted by Crippen LogP contribution is -2.59. The largest absolute Gasteiger partial charge is 0.491 e. The van der Waals surface area contributed by atoms with Crippen molar-refractivity contribution in [3.05, 3.63) is 117 Å². The second kappa shape index (κ2) is 15.7. The normalized spacial score (nSPS) is 12.8. The summed E-state index contributed by atoms with van der Waals surface area (Å²) in [5, 5.41) is 1.32. The van der Waals surface area contributed by atoms with Crippen molar-refractivity contribution in [2.24, 2.45) is 0 Å². The molecule has 0 unspecified atom stereocenters. The molecule has 0 atom stereocenters. The summed E-state index contributed by atoms with van der Waals surface area (Å²) in [5.74, 6) is 1.20. The quantitative estimate of drug-likeness (QED) is 0.0999. The highest BCUT2D eigenvalue weighted by Gasteiger charge is 2.38. The van der Waals surface area contributed by atoms with E-state index >= 15 is 0 Å². The van der Waals surface area contributed by atoms with Crippen LogP contribution in [0.4, 0.5) is 0 Å². The van der Waals surface area contributed by atoms with Crippen LogP contribution in [0.3, 0.4) is 0 Å². The van der Waals surface area contributed by atoms with Gasteiger partial charge in [0.1, 0.15) is 23.8 Å². The first-order valence-corrected chi connectivity index (χ1v) is 22.3. The van der Waals surface area contributed by atoms with Gasteiger partial charge in [0.15, 0.2) is 0 Å². The summed E-state index contributed by atoms with van der Waals surface area (Å²) in [4.78, 5) is 4.49. The Morgan fingerprint density at radius 2 is 1.11 bits per heavy atom. The molecule has 0 fully saturated rings. The lowest BCUT2D eigenvalue weighted by Gasteiger charge is -2.44. The van der Waals surface area contributed by atoms with Gasteiger partial charge in [0.2, 0.25) is 0 Å². The molecule has 55 heavy (non-hydrogen) atoms. The van der Waals surface area contributed by atoms with Crippen LogP contribution in [0.25, 0.3) is 21.8 Å². The van der Waals surface area contributed by atoms with E-state index in [9.17, 15) is 16.8 Å². The van der Waals surface area contributed by atoms with E-state index in [-0.39, 0.29) is 28.9 Å². The smallest absolute Gasteiger partial charge is 0.268 e. The molecule has 0 saturated carbocycles. The molecule has 0 radical (unpaired) electrons. The van der Waals surface area contributed by atoms with Crippen LogP contribution in [0.5, 0.6) is 11.5 Å². The Bertz CT molecular complexity index is 2570. The van der Waals surface area contributed by atoms with Crippen molar-refractivity contribution < 1.29 is 26.3 Å². The van der Waals surface area contributed by atoms with Crippen LogP contribution < -0.4 is 9.47 Å². The van der Waals surface area contributed by atoms with Gasteiger partial charge in [-0.05, 0) is 114 Å². The number of halogens is 2. The molecule has 0 aliphatic rings. The van der Waals surface area contributed by atoms with Crippen molar-refractivity contribution in [2.45, 2.75) is 55.5 Å². The first-order chi connectivity index (χ1) is 25.9. The lowest BCUT2D eigenvalue weighted by molar-refractivity contribution is -0.0482. The van der Waals surface area contributed by atoms with E-state index in [4.69, 9.17) is 9.47 Å². The van der Waals surface area contributed by atoms with Gasteiger partial charge >= 0.3 is 0 Å². The SMILES string of the molecule is Cc1c(OCCC(COc2c(C)n(S(=O)(=O)c3ccc(C(C)C)cc3)c3ccc(Br)cc23)(N(C)C)N(C)C)c2cc(Br)ccc2n1S(=O)(=O)c1ccccc1. The van der Waals surface area contributed by atoms with Gasteiger partial charge in [-0.3, -0.25) is 9.80 Å². The second-order valence-corrected chi connectivity index (χ2v) is 19.8. The Morgan fingerprint density at radius 1 is 0.655 bits per heavy atom. The third-order valence-electron chi connectivity index (χ3n) is 10.3. The van der Waals surface area contributed by atoms with Crippen molar-refractivity contribution in [1.82, 2.24) is 17.7 Å². The summed E-state index contributed by atoms with van der Waals surface area (Å²) in [7, 11) is -0.0680. The van der Waals surface area contributed by atoms with E-state index in [0.717, 1.165) is 14.5 Å². The Morgan fingerprint density at radius 3 is 1.56 bits per heavy atom. The Kier molecular flexibility index (Phi) is 11.7. The summed E-state index contributed by atoms with van der Waals surface area (Å²) < 4.78 is 74.0. The van der Waals surface area contributed by atoms with Crippen molar-refractivity contribution >= 4 is 73.7 Å². The summed E-state index contributed by atoms with van der Waals surface area (Å²) in [6.45, 7) is 8.02. The van der Waals surface area contributed by atoms with Gasteiger partial charge < -0.3 is 9.47 Å². The molecule has 0 N–H and O–H groups in total. The summed E-state index contributed by atoms with van der Waals surface area (Å²) in [5.41, 5.74) is 2.26. The fourth-order valence-corrected chi connectivity index (χ4v) is 11.0. The van der Waals surface area contributed by atoms with Crippen molar-refractivity contribution in [1.29, 1.82) is 0 Å². The highest BCUT2D eigenvalue weighted by atomic mass is 79.9. The third kappa shape index (κ3) is 7.49. The van der Waals surface area contributed by atoms with Gasteiger partial charge in [-0.25, -0.2) is 24.8 Å². The third-order valence-corrected chi connectivity index (χ3v) is 15.0. The van der Waals surface area contributed by atoms with Gasteiger partial charge in [-0.15, -0.1) is 0 Å². The number of hydrogen-bond acceptors (Lipinski definition) is 8. The average molecular weight is 915 g/mol. The van der Waals surface area contributed by atoms with E-state index in [1.807, 2.05) is 64.6 Å². The molecule has 292 valence electrons. The monoisotopic (exact) mass is 912 g/mol. The Labute approximate surface area is 341 Å². The molecular weight excluding hydrogens is 868 g/mol. The minimum absolute atomic E-state index is 0.153. The molecule has 2 aromatic heterocycles. The second-order valence-electron chi connectivity index (χ2n) is 14.4. The van der Waals surface area contributed by atoms with Crippen LogP contribution in [-0.2, 0) is 20.0 Å². The van der Waals surface area contributed by atoms with Crippen LogP contribution >= 0.6 is 31.9 Å². The highest BCUT2D eigenvalue weighted by molar-refractivity contribution is 9.10. The van der Waals surface area contributed by atoms with E-state index < -0.39 is 25.7 Å². The Balaban J connectivity index is 1.34. The maximum atomic E-state index is 14.2. The van der Waals surface area contributed by atoms with Crippen LogP contribution in [0.1, 0.15) is 43.1 Å². The van der Waals surface area contributed by atoms with Gasteiger partial charge in [0, 0.05) is 26.1 Å². The molecule has 2 heterocycles. The van der Waals surface area contributed by atoms with Crippen LogP contribution in [0.2, 0.25) is 0 Å². The predicted octanol–water partition coefficient (Wildman–Crippen LogP) is 9.00. The average Bonchev–Trinajstić information content (AvgIpc) is 3.58. The lowest BCUT2D eigenvalue weighted by atomic mass is 10.0. The number of likely N-dealkylation sites (N-methyl/N-ethyl adjacent to an activating group) is 2. The van der Waals surface area contributed by atoms with E-state index in [1.54, 1.807) is 68.4 Å². The van der Waals surface area contributed by atoms with Gasteiger partial charge in [0.05, 0.1) is 38.8 Å². The molecule has 0 aliphatic carbocycles. The van der Waals surface area contributed by atoms with Crippen LogP contribution in [-0.4, -0.2) is 81.6 Å². The van der Waals surface area contributed by atoms with Crippen molar-refractivity contribution in [3.63, 3.8) is 0 Å². The van der Waals surface area contributed by atoms with Crippen LogP contribution in [0.15, 0.2) is 110 Å². The van der Waals surface area contributed by atoms with Crippen molar-refractivity contribution in [2.75, 3.05) is 41.4 Å². The molecule has 6 aromatic rings. The number of hydrogen-bond donors (Lipinski definition) is 0. The molecule has 6 rings (SSSR count). The maximum absolute atomic E-state index is 14.2. The Hall–Kier alpha value is -3.66. The van der Waals surface area contributed by atoms with Gasteiger partial charge in [0.25, 0.3) is 20.0 Å². The minimum Gasteiger partial charge on any atom is -0.491 e. The topological polar surface area (TPSA) is 103 Å². The maximum Gasteiger partial charge on any atom is 0.268 e. The number of ether oxygens (including phenoxy) is 2. The number of nitrogens with zero attached hydrogens (tertiary/aromatic N) is 4. The van der Waals surface area contributed by atoms with E-state index in [1.165, 1.54) is 7.94 Å². The number of rotatable bonds is 14. The number of aromatic nitrogens is 2. The molecule has 0 saturated heterocycles. The number of benzene rings is 4. The summed E-state index contributed by atoms with van der Waals surface area (Å²) in [6, 6.07) is 26.3. The van der Waals surface area contributed by atoms with Gasteiger partial charge in [-0.1, -0.05) is 76.0 Å². The molecule has 4 aromatic carbocycles. The highest BCUT2D eigenvalue weighted by Crippen LogP contribution is 2.40. The standard InChI is InChI=1S/C41H46Br2N4O6S2/c1-27(2)30-14-18-34(19-15-30)55(50,51)47-29(4)40(36-25-32(43)17-21-38(36)47)53-26-41(44(5)6,45(7)8)22-23-52-39-28(3)46(37-20-16-31(42)24-35(37)39)54(48,49)33-12-10-9-11-13-33/h9-21,24-25,27H,22-23,26H2,1-8H3. The zero-order valence-corrected chi connectivity index (χ0v) is 37.0. The fourth-order valence-electron chi connectivity index (χ4n) is 7.16. The van der Waals surface area contributed by atoms with E-state index in [0.29, 0.717) is 51.1 Å². The molecular formula is C41H46Br2N4O6S2. The molecule has 0 bridgehead atoms. The molecule has 0 amide bonds. The molecule has 10 nitrogen and oxygen atoms in total. The molecule has 14 heteroatoms. The predicted molar refractivity (Wildman–Crippen MR) is 227 cm³/mol. The summed E-state index contributed by atoms with van der Waals surface area (Å²) >= 11 is 7.13. The summed E-state index contributed by atoms with van der Waals surface area (Å²) in [6.07, 6.45) is 0.445. The van der Waals surface area contributed by atoms with E-state index in [2.05, 4.69) is 55.5 Å².